The van der Waals surface area contributed by atoms with Crippen LogP contribution in [-0.4, -0.2) is 19.4 Å². The minimum Gasteiger partial charge on any atom is -0.371 e. The van der Waals surface area contributed by atoms with Gasteiger partial charge in [-0.15, -0.1) is 11.3 Å². The topological polar surface area (TPSA) is 20.3 Å². The minimum absolute atomic E-state index is 0.410. The number of carbonyl (C=O) groups is 1. The summed E-state index contributed by atoms with van der Waals surface area (Å²) >= 11 is 5.22. The minimum atomic E-state index is 0.410. The van der Waals surface area contributed by atoms with Crippen molar-refractivity contribution in [3.05, 3.63) is 50.6 Å². The Morgan fingerprint density at radius 2 is 2.21 bits per heavy atom. The van der Waals surface area contributed by atoms with Gasteiger partial charge in [0.15, 0.2) is 6.29 Å². The Kier molecular flexibility index (Phi) is 4.77. The Hall–Kier alpha value is -1.13. The quantitative estimate of drug-likeness (QED) is 0.754. The maximum Gasteiger partial charge on any atom is 0.151 e. The van der Waals surface area contributed by atoms with E-state index < -0.39 is 0 Å². The Morgan fingerprint density at radius 3 is 2.79 bits per heavy atom. The molecule has 0 aliphatic heterocycles. The molecule has 2 aromatic rings. The van der Waals surface area contributed by atoms with Gasteiger partial charge < -0.3 is 4.90 Å². The molecule has 0 bridgehead atoms. The fraction of sp³-hybridized carbons (Fsp3) is 0.267. The lowest BCUT2D eigenvalue weighted by atomic mass is 10.1. The van der Waals surface area contributed by atoms with E-state index in [9.17, 15) is 4.79 Å². The van der Waals surface area contributed by atoms with Crippen LogP contribution in [0.15, 0.2) is 40.2 Å². The summed E-state index contributed by atoms with van der Waals surface area (Å²) in [5.41, 5.74) is 1.80. The molecule has 2 nitrogen and oxygen atoms in total. The Bertz CT molecular complexity index is 553. The highest BCUT2D eigenvalue weighted by atomic mass is 79.9. The van der Waals surface area contributed by atoms with Gasteiger partial charge in [0.1, 0.15) is 0 Å². The second kappa shape index (κ2) is 6.35. The van der Waals surface area contributed by atoms with Crippen LogP contribution in [0.5, 0.6) is 0 Å². The zero-order valence-electron chi connectivity index (χ0n) is 11.0. The summed E-state index contributed by atoms with van der Waals surface area (Å²) in [7, 11) is 2.08. The van der Waals surface area contributed by atoms with Gasteiger partial charge >= 0.3 is 0 Å². The van der Waals surface area contributed by atoms with E-state index in [0.717, 1.165) is 22.9 Å². The van der Waals surface area contributed by atoms with Crippen LogP contribution in [0.1, 0.15) is 22.2 Å². The summed E-state index contributed by atoms with van der Waals surface area (Å²) in [4.78, 5) is 14.4. The van der Waals surface area contributed by atoms with Gasteiger partial charge in [0, 0.05) is 40.1 Å². The number of aldehydes is 1. The zero-order valence-corrected chi connectivity index (χ0v) is 13.4. The molecule has 0 amide bonds. The fourth-order valence-electron chi connectivity index (χ4n) is 1.94. The highest BCUT2D eigenvalue weighted by molar-refractivity contribution is 9.10. The molecule has 1 aromatic carbocycles. The summed E-state index contributed by atoms with van der Waals surface area (Å²) in [6.45, 7) is 2.21. The normalized spacial score (nSPS) is 12.2. The number of likely N-dealkylation sites (N-methyl/N-ethyl adjacent to an activating group) is 1. The molecule has 0 fully saturated rings. The van der Waals surface area contributed by atoms with Gasteiger partial charge in [-0.25, -0.2) is 0 Å². The molecule has 2 rings (SSSR count). The molecule has 1 atom stereocenters. The molecular formula is C15H16BrNOS. The van der Waals surface area contributed by atoms with Gasteiger partial charge in [-0.05, 0) is 52.5 Å². The monoisotopic (exact) mass is 337 g/mol. The predicted octanol–water partition coefficient (Wildman–Crippen LogP) is 4.39. The molecule has 0 saturated carbocycles. The van der Waals surface area contributed by atoms with Crippen LogP contribution in [0.25, 0.3) is 0 Å². The van der Waals surface area contributed by atoms with Crippen LogP contribution in [0.2, 0.25) is 0 Å². The third-order valence-electron chi connectivity index (χ3n) is 3.26. The van der Waals surface area contributed by atoms with E-state index in [1.54, 1.807) is 11.3 Å². The van der Waals surface area contributed by atoms with E-state index >= 15 is 0 Å². The molecule has 0 aliphatic rings. The average molecular weight is 338 g/mol. The van der Waals surface area contributed by atoms with Gasteiger partial charge in [0.25, 0.3) is 0 Å². The molecule has 0 spiro atoms. The number of carbonyl (C=O) groups excluding carboxylic acids is 1. The summed E-state index contributed by atoms with van der Waals surface area (Å²) in [5, 5.41) is 2.11. The molecule has 19 heavy (non-hydrogen) atoms. The number of hydrogen-bond donors (Lipinski definition) is 0. The highest BCUT2D eigenvalue weighted by Gasteiger charge is 2.12. The van der Waals surface area contributed by atoms with Crippen molar-refractivity contribution in [3.8, 4) is 0 Å². The molecule has 1 heterocycles. The van der Waals surface area contributed by atoms with Crippen LogP contribution in [0.4, 0.5) is 5.69 Å². The van der Waals surface area contributed by atoms with E-state index in [1.807, 2.05) is 18.2 Å². The Labute approximate surface area is 126 Å². The second-order valence-electron chi connectivity index (χ2n) is 4.57. The highest BCUT2D eigenvalue weighted by Crippen LogP contribution is 2.25. The van der Waals surface area contributed by atoms with Crippen LogP contribution in [0, 0.1) is 0 Å². The summed E-state index contributed by atoms with van der Waals surface area (Å²) in [6.07, 6.45) is 1.89. The van der Waals surface area contributed by atoms with Crippen LogP contribution >= 0.6 is 27.3 Å². The fourth-order valence-corrected chi connectivity index (χ4v) is 3.23. The number of halogens is 1. The number of rotatable bonds is 5. The van der Waals surface area contributed by atoms with Crippen molar-refractivity contribution in [2.45, 2.75) is 19.4 Å². The van der Waals surface area contributed by atoms with Crippen LogP contribution < -0.4 is 4.90 Å². The molecule has 1 unspecified atom stereocenters. The number of anilines is 1. The van der Waals surface area contributed by atoms with Gasteiger partial charge in [0.2, 0.25) is 0 Å². The van der Waals surface area contributed by atoms with Gasteiger partial charge in [0.05, 0.1) is 0 Å². The third kappa shape index (κ3) is 3.45. The maximum atomic E-state index is 10.8. The third-order valence-corrected chi connectivity index (χ3v) is 4.84. The SMILES string of the molecule is CC(Cc1cccs1)N(C)c1ccc(C=O)c(Br)c1. The van der Waals surface area contributed by atoms with Gasteiger partial charge in [-0.3, -0.25) is 4.79 Å². The lowest BCUT2D eigenvalue weighted by Crippen LogP contribution is -2.30. The smallest absolute Gasteiger partial charge is 0.151 e. The first kappa shape index (κ1) is 14.3. The van der Waals surface area contributed by atoms with Crippen molar-refractivity contribution in [2.75, 3.05) is 11.9 Å². The standard InChI is InChI=1S/C15H16BrNOS/c1-11(8-14-4-3-7-19-14)17(2)13-6-5-12(10-18)15(16)9-13/h3-7,9-11H,8H2,1-2H3. The summed E-state index contributed by atoms with van der Waals surface area (Å²) < 4.78 is 0.843. The van der Waals surface area contributed by atoms with Crippen molar-refractivity contribution >= 4 is 39.2 Å². The van der Waals surface area contributed by atoms with E-state index in [0.29, 0.717) is 11.6 Å². The van der Waals surface area contributed by atoms with Crippen molar-refractivity contribution in [3.63, 3.8) is 0 Å². The average Bonchev–Trinajstić information content (AvgIpc) is 2.90. The van der Waals surface area contributed by atoms with Gasteiger partial charge in [-0.1, -0.05) is 6.07 Å². The molecule has 0 saturated heterocycles. The number of nitrogens with zero attached hydrogens (tertiary/aromatic N) is 1. The zero-order chi connectivity index (χ0) is 13.8. The first-order chi connectivity index (χ1) is 9.11. The Balaban J connectivity index is 2.12. The molecule has 0 aliphatic carbocycles. The van der Waals surface area contributed by atoms with Crippen LogP contribution in [0.3, 0.4) is 0 Å². The Morgan fingerprint density at radius 1 is 1.42 bits per heavy atom. The summed E-state index contributed by atoms with van der Waals surface area (Å²) in [5.74, 6) is 0. The van der Waals surface area contributed by atoms with E-state index in [-0.39, 0.29) is 0 Å². The molecule has 0 radical (unpaired) electrons. The molecule has 100 valence electrons. The van der Waals surface area contributed by atoms with E-state index in [4.69, 9.17) is 0 Å². The lowest BCUT2D eigenvalue weighted by molar-refractivity contribution is 0.112. The molecule has 4 heteroatoms. The predicted molar refractivity (Wildman–Crippen MR) is 85.4 cm³/mol. The van der Waals surface area contributed by atoms with Crippen molar-refractivity contribution in [2.24, 2.45) is 0 Å². The van der Waals surface area contributed by atoms with E-state index in [2.05, 4.69) is 52.3 Å². The number of benzene rings is 1. The van der Waals surface area contributed by atoms with E-state index in [1.165, 1.54) is 4.88 Å². The molecule has 0 N–H and O–H groups in total. The van der Waals surface area contributed by atoms with Crippen LogP contribution in [-0.2, 0) is 6.42 Å². The maximum absolute atomic E-state index is 10.8. The van der Waals surface area contributed by atoms with Crippen molar-refractivity contribution in [1.82, 2.24) is 0 Å². The first-order valence-corrected chi connectivity index (χ1v) is 7.79. The molecule has 1 aromatic heterocycles. The lowest BCUT2D eigenvalue weighted by Gasteiger charge is -2.27. The first-order valence-electron chi connectivity index (χ1n) is 6.11. The van der Waals surface area contributed by atoms with Crippen molar-refractivity contribution in [1.29, 1.82) is 0 Å². The number of hydrogen-bond acceptors (Lipinski definition) is 3. The van der Waals surface area contributed by atoms with Crippen molar-refractivity contribution < 1.29 is 4.79 Å². The summed E-state index contributed by atoms with van der Waals surface area (Å²) in [6, 6.07) is 10.5. The molecular weight excluding hydrogens is 322 g/mol. The number of thiophene rings is 1. The second-order valence-corrected chi connectivity index (χ2v) is 6.45. The van der Waals surface area contributed by atoms with Gasteiger partial charge in [-0.2, -0.15) is 0 Å². The largest absolute Gasteiger partial charge is 0.371 e.